The molecule has 37 heavy (non-hydrogen) atoms. The standard InChI is InChI=1S/C33H24BNS2/c1-19-15-20(2)30(21(3)16-19)34-24-11-7-13-26-31(24)35-32-25(34)12-8-14-27(32)37-29-18-23(17-28(36-26)33(29)35)22-9-5-4-6-10-22/h4-18H,1-3H3. The van der Waals surface area contributed by atoms with E-state index in [0.29, 0.717) is 0 Å². The van der Waals surface area contributed by atoms with Crippen molar-refractivity contribution in [2.24, 2.45) is 0 Å². The van der Waals surface area contributed by atoms with Crippen molar-refractivity contribution in [2.45, 2.75) is 40.4 Å². The van der Waals surface area contributed by atoms with E-state index in [-0.39, 0.29) is 6.71 Å². The van der Waals surface area contributed by atoms with Gasteiger partial charge in [-0.05, 0) is 67.1 Å². The number of hydrogen-bond acceptors (Lipinski definition) is 3. The van der Waals surface area contributed by atoms with Crippen LogP contribution in [0, 0.1) is 20.8 Å². The highest BCUT2D eigenvalue weighted by molar-refractivity contribution is 8.00. The van der Waals surface area contributed by atoms with Gasteiger partial charge in [-0.15, -0.1) is 0 Å². The quantitative estimate of drug-likeness (QED) is 0.222. The molecular weight excluding hydrogens is 485 g/mol. The minimum absolute atomic E-state index is 0.231. The number of aryl methyl sites for hydroxylation is 3. The van der Waals surface area contributed by atoms with Crippen LogP contribution in [0.1, 0.15) is 16.7 Å². The molecule has 1 nitrogen and oxygen atoms in total. The minimum atomic E-state index is 0.231. The normalized spacial score (nSPS) is 14.0. The second kappa shape index (κ2) is 7.83. The Morgan fingerprint density at radius 2 is 1.11 bits per heavy atom. The first kappa shape index (κ1) is 21.7. The fourth-order valence-electron chi connectivity index (χ4n) is 6.64. The van der Waals surface area contributed by atoms with Crippen LogP contribution in [0.4, 0.5) is 17.1 Å². The highest BCUT2D eigenvalue weighted by Gasteiger charge is 2.44. The molecular formula is C33H24BNS2. The van der Waals surface area contributed by atoms with Crippen molar-refractivity contribution in [3.8, 4) is 11.1 Å². The molecule has 3 aliphatic rings. The SMILES string of the molecule is Cc1cc(C)c(B2c3cccc4c3N3c5c(cc(-c6ccccc6)cc5Sc5cccc2c53)S4)c(C)c1. The molecule has 0 amide bonds. The molecule has 0 N–H and O–H groups in total. The van der Waals surface area contributed by atoms with Crippen molar-refractivity contribution >= 4 is 63.7 Å². The van der Waals surface area contributed by atoms with Crippen LogP contribution in [0.5, 0.6) is 0 Å². The van der Waals surface area contributed by atoms with Crippen molar-refractivity contribution < 1.29 is 0 Å². The van der Waals surface area contributed by atoms with Crippen LogP contribution in [-0.4, -0.2) is 6.71 Å². The Hall–Kier alpha value is -3.34. The summed E-state index contributed by atoms with van der Waals surface area (Å²) < 4.78 is 0. The molecule has 4 heteroatoms. The van der Waals surface area contributed by atoms with Crippen LogP contribution in [-0.2, 0) is 0 Å². The lowest BCUT2D eigenvalue weighted by Gasteiger charge is -2.45. The van der Waals surface area contributed by atoms with Gasteiger partial charge in [0.2, 0.25) is 6.71 Å². The summed E-state index contributed by atoms with van der Waals surface area (Å²) in [7, 11) is 0. The zero-order valence-electron chi connectivity index (χ0n) is 21.0. The number of hydrogen-bond donors (Lipinski definition) is 0. The van der Waals surface area contributed by atoms with Gasteiger partial charge < -0.3 is 4.90 Å². The van der Waals surface area contributed by atoms with Crippen LogP contribution < -0.4 is 21.3 Å². The van der Waals surface area contributed by atoms with Crippen LogP contribution in [0.3, 0.4) is 0 Å². The Labute approximate surface area is 227 Å². The molecule has 8 rings (SSSR count). The van der Waals surface area contributed by atoms with E-state index in [4.69, 9.17) is 0 Å². The maximum Gasteiger partial charge on any atom is 0.247 e. The van der Waals surface area contributed by atoms with Gasteiger partial charge in [-0.3, -0.25) is 0 Å². The van der Waals surface area contributed by atoms with Crippen LogP contribution in [0.15, 0.2) is 111 Å². The van der Waals surface area contributed by atoms with Gasteiger partial charge in [-0.1, -0.05) is 112 Å². The Balaban J connectivity index is 1.43. The predicted octanol–water partition coefficient (Wildman–Crippen LogP) is 7.51. The third kappa shape index (κ3) is 3.03. The Bertz CT molecular complexity index is 1670. The fourth-order valence-corrected chi connectivity index (χ4v) is 9.05. The average molecular weight is 510 g/mol. The van der Waals surface area contributed by atoms with Gasteiger partial charge in [0.25, 0.3) is 0 Å². The molecule has 0 saturated carbocycles. The largest absolute Gasteiger partial charge is 0.307 e. The molecule has 0 aliphatic carbocycles. The summed E-state index contributed by atoms with van der Waals surface area (Å²) >= 11 is 3.86. The lowest BCUT2D eigenvalue weighted by Crippen LogP contribution is -2.59. The lowest BCUT2D eigenvalue weighted by molar-refractivity contribution is 1.09. The number of para-hydroxylation sites is 2. The summed E-state index contributed by atoms with van der Waals surface area (Å²) in [5.41, 5.74) is 15.0. The van der Waals surface area contributed by atoms with Gasteiger partial charge in [0.15, 0.2) is 0 Å². The van der Waals surface area contributed by atoms with Gasteiger partial charge in [0.1, 0.15) is 0 Å². The molecule has 176 valence electrons. The summed E-state index contributed by atoms with van der Waals surface area (Å²) in [6, 6.07) is 34.1. The van der Waals surface area contributed by atoms with Gasteiger partial charge in [-0.25, -0.2) is 0 Å². The molecule has 0 atom stereocenters. The van der Waals surface area contributed by atoms with E-state index >= 15 is 0 Å². The minimum Gasteiger partial charge on any atom is -0.307 e. The average Bonchev–Trinajstić information content (AvgIpc) is 2.90. The van der Waals surface area contributed by atoms with Crippen LogP contribution in [0.25, 0.3) is 11.1 Å². The zero-order valence-corrected chi connectivity index (χ0v) is 22.6. The number of rotatable bonds is 2. The molecule has 5 aromatic rings. The van der Waals surface area contributed by atoms with Crippen molar-refractivity contribution in [2.75, 3.05) is 4.90 Å². The number of nitrogens with zero attached hydrogens (tertiary/aromatic N) is 1. The number of benzene rings is 5. The topological polar surface area (TPSA) is 3.24 Å². The zero-order chi connectivity index (χ0) is 24.8. The lowest BCUT2D eigenvalue weighted by atomic mass is 9.34. The second-order valence-electron chi connectivity index (χ2n) is 10.4. The molecule has 0 radical (unpaired) electrons. The summed E-state index contributed by atoms with van der Waals surface area (Å²) in [5.74, 6) is 0. The monoisotopic (exact) mass is 509 g/mol. The first-order valence-corrected chi connectivity index (χ1v) is 14.4. The highest BCUT2D eigenvalue weighted by atomic mass is 32.2. The molecule has 0 aromatic heterocycles. The van der Waals surface area contributed by atoms with E-state index in [2.05, 4.69) is 117 Å². The van der Waals surface area contributed by atoms with E-state index in [9.17, 15) is 0 Å². The number of anilines is 3. The third-order valence-electron chi connectivity index (χ3n) is 7.97. The van der Waals surface area contributed by atoms with E-state index in [1.165, 1.54) is 80.8 Å². The smallest absolute Gasteiger partial charge is 0.247 e. The van der Waals surface area contributed by atoms with Crippen molar-refractivity contribution in [1.29, 1.82) is 0 Å². The van der Waals surface area contributed by atoms with Crippen molar-refractivity contribution in [3.63, 3.8) is 0 Å². The second-order valence-corrected chi connectivity index (χ2v) is 12.5. The molecule has 0 fully saturated rings. The van der Waals surface area contributed by atoms with E-state index in [0.717, 1.165) is 0 Å². The van der Waals surface area contributed by atoms with Crippen molar-refractivity contribution in [3.05, 3.63) is 108 Å². The van der Waals surface area contributed by atoms with E-state index in [1.54, 1.807) is 0 Å². The first-order valence-electron chi connectivity index (χ1n) is 12.8. The molecule has 0 unspecified atom stereocenters. The molecule has 0 bridgehead atoms. The Kier molecular flexibility index (Phi) is 4.60. The Morgan fingerprint density at radius 3 is 1.68 bits per heavy atom. The summed E-state index contributed by atoms with van der Waals surface area (Å²) in [4.78, 5) is 7.98. The Morgan fingerprint density at radius 1 is 0.541 bits per heavy atom. The fraction of sp³-hybridized carbons (Fsp3) is 0.0909. The van der Waals surface area contributed by atoms with Crippen LogP contribution >= 0.6 is 23.5 Å². The van der Waals surface area contributed by atoms with Crippen LogP contribution in [0.2, 0.25) is 0 Å². The molecule has 3 aliphatic heterocycles. The van der Waals surface area contributed by atoms with Gasteiger partial charge >= 0.3 is 0 Å². The van der Waals surface area contributed by atoms with E-state index < -0.39 is 0 Å². The predicted molar refractivity (Wildman–Crippen MR) is 160 cm³/mol. The third-order valence-corrected chi connectivity index (χ3v) is 10.1. The molecule has 3 heterocycles. The van der Waals surface area contributed by atoms with Crippen molar-refractivity contribution in [1.82, 2.24) is 0 Å². The maximum atomic E-state index is 2.59. The van der Waals surface area contributed by atoms with E-state index in [1.807, 2.05) is 23.5 Å². The van der Waals surface area contributed by atoms with Gasteiger partial charge in [0.05, 0.1) is 17.1 Å². The summed E-state index contributed by atoms with van der Waals surface area (Å²) in [5, 5.41) is 0. The summed E-state index contributed by atoms with van der Waals surface area (Å²) in [6.45, 7) is 7.01. The first-order chi connectivity index (χ1) is 18.1. The highest BCUT2D eigenvalue weighted by Crippen LogP contribution is 2.60. The molecule has 0 spiro atoms. The molecule has 0 saturated heterocycles. The van der Waals surface area contributed by atoms with Gasteiger partial charge in [0, 0.05) is 19.6 Å². The van der Waals surface area contributed by atoms with Gasteiger partial charge in [-0.2, -0.15) is 0 Å². The maximum absolute atomic E-state index is 2.59. The molecule has 5 aromatic carbocycles. The summed E-state index contributed by atoms with van der Waals surface area (Å²) in [6.07, 6.45) is 0.